The third-order valence-electron chi connectivity index (χ3n) is 7.19. The highest BCUT2D eigenvalue weighted by Gasteiger charge is 2.69. The summed E-state index contributed by atoms with van der Waals surface area (Å²) in [7, 11) is -10.3. The first-order chi connectivity index (χ1) is 19.1. The molecule has 2 bridgehead atoms. The minimum Gasteiger partial charge on any atom is -0.743 e. The van der Waals surface area contributed by atoms with Crippen LogP contribution in [-0.2, 0) is 35.3 Å². The van der Waals surface area contributed by atoms with E-state index < -0.39 is 61.7 Å². The lowest BCUT2D eigenvalue weighted by molar-refractivity contribution is -0.204. The van der Waals surface area contributed by atoms with Gasteiger partial charge in [-0.2, -0.15) is 26.0 Å². The van der Waals surface area contributed by atoms with Crippen LogP contribution < -0.4 is 0 Å². The van der Waals surface area contributed by atoms with Gasteiger partial charge < -0.3 is 4.55 Å². The van der Waals surface area contributed by atoms with Crippen molar-refractivity contribution in [1.29, 1.82) is 0 Å². The number of rotatable bonds is 8. The third-order valence-corrected chi connectivity index (χ3v) is 10.9. The largest absolute Gasteiger partial charge is 0.743 e. The van der Waals surface area contributed by atoms with E-state index in [9.17, 15) is 39.0 Å². The van der Waals surface area contributed by atoms with Crippen LogP contribution in [0.15, 0.2) is 106 Å². The van der Waals surface area contributed by atoms with E-state index in [0.29, 0.717) is 0 Å². The molecule has 13 heteroatoms. The molecule has 0 aliphatic heterocycles. The molecule has 0 N–H and O–H groups in total. The molecule has 2 saturated carbocycles. The van der Waals surface area contributed by atoms with Crippen molar-refractivity contribution in [3.8, 4) is 0 Å². The first-order valence-corrected chi connectivity index (χ1v) is 17.1. The van der Waals surface area contributed by atoms with Crippen LogP contribution in [0.1, 0.15) is 19.3 Å². The van der Waals surface area contributed by atoms with Gasteiger partial charge in [0.25, 0.3) is 10.1 Å². The van der Waals surface area contributed by atoms with Gasteiger partial charge in [-0.3, -0.25) is 4.18 Å². The van der Waals surface area contributed by atoms with Crippen LogP contribution in [-0.4, -0.2) is 44.9 Å². The van der Waals surface area contributed by atoms with Crippen molar-refractivity contribution in [3.05, 3.63) is 91.0 Å². The maximum atomic E-state index is 13.8. The van der Waals surface area contributed by atoms with Gasteiger partial charge in [0.2, 0.25) is 0 Å². The molecule has 6 nitrogen and oxygen atoms in total. The second-order valence-electron chi connectivity index (χ2n) is 10.0. The summed E-state index contributed by atoms with van der Waals surface area (Å²) in [6, 6.07) is 32.2. The first kappa shape index (κ1) is 31.5. The Kier molecular flexibility index (Phi) is 9.25. The SMILES string of the molecule is CS(=O)(=O)OC1CC2CC1CC2C(F)(F)C(F)(F)S(=O)(=O)[O-].c1ccc([S+](c2ccccc2)c2ccccc2)cc1. The van der Waals surface area contributed by atoms with E-state index in [0.717, 1.165) is 6.26 Å². The van der Waals surface area contributed by atoms with Crippen molar-refractivity contribution in [2.45, 2.75) is 51.2 Å². The van der Waals surface area contributed by atoms with Crippen LogP contribution in [0.25, 0.3) is 0 Å². The molecule has 0 saturated heterocycles. The maximum Gasteiger partial charge on any atom is 0.396 e. The van der Waals surface area contributed by atoms with Gasteiger partial charge in [-0.1, -0.05) is 54.6 Å². The summed E-state index contributed by atoms with van der Waals surface area (Å²) >= 11 is 0. The smallest absolute Gasteiger partial charge is 0.396 e. The zero-order chi connectivity index (χ0) is 30.1. The minimum absolute atomic E-state index is 0.0146. The summed E-state index contributed by atoms with van der Waals surface area (Å²) in [6.45, 7) is 0. The molecule has 0 radical (unpaired) electrons. The average Bonchev–Trinajstić information content (AvgIpc) is 3.50. The fourth-order valence-electron chi connectivity index (χ4n) is 5.47. The van der Waals surface area contributed by atoms with Crippen molar-refractivity contribution in [2.24, 2.45) is 17.8 Å². The van der Waals surface area contributed by atoms with Gasteiger partial charge in [0.15, 0.2) is 24.8 Å². The molecule has 2 aliphatic rings. The number of hydrogen-bond acceptors (Lipinski definition) is 6. The number of alkyl halides is 4. The maximum absolute atomic E-state index is 13.8. The van der Waals surface area contributed by atoms with Crippen LogP contribution in [0.2, 0.25) is 0 Å². The van der Waals surface area contributed by atoms with Crippen LogP contribution in [0.4, 0.5) is 17.6 Å². The fourth-order valence-corrected chi connectivity index (χ4v) is 8.74. The predicted molar refractivity (Wildman–Crippen MR) is 145 cm³/mol. The van der Waals surface area contributed by atoms with Crippen molar-refractivity contribution < 1.29 is 43.1 Å². The second-order valence-corrected chi connectivity index (χ2v) is 15.1. The molecule has 0 spiro atoms. The molecule has 3 aromatic rings. The Balaban J connectivity index is 0.000000191. The Labute approximate surface area is 240 Å². The van der Waals surface area contributed by atoms with E-state index >= 15 is 0 Å². The third kappa shape index (κ3) is 6.96. The Morgan fingerprint density at radius 2 is 1.12 bits per heavy atom. The van der Waals surface area contributed by atoms with E-state index in [-0.39, 0.29) is 23.7 Å². The molecule has 0 amide bonds. The topological polar surface area (TPSA) is 101 Å². The molecule has 0 aromatic heterocycles. The Bertz CT molecular complexity index is 1430. The lowest BCUT2D eigenvalue weighted by atomic mass is 9.83. The Hall–Kier alpha value is -2.45. The normalized spacial score (nSPS) is 22.8. The van der Waals surface area contributed by atoms with Crippen LogP contribution >= 0.6 is 0 Å². The molecule has 4 atom stereocenters. The zero-order valence-corrected chi connectivity index (χ0v) is 24.2. The van der Waals surface area contributed by atoms with Gasteiger partial charge in [-0.05, 0) is 67.5 Å². The number of benzene rings is 3. The highest BCUT2D eigenvalue weighted by Crippen LogP contribution is 2.58. The molecule has 4 unspecified atom stereocenters. The molecular weight excluding hydrogens is 604 g/mol. The van der Waals surface area contributed by atoms with E-state index in [4.69, 9.17) is 4.18 Å². The predicted octanol–water partition coefficient (Wildman–Crippen LogP) is 5.93. The van der Waals surface area contributed by atoms with Crippen molar-refractivity contribution >= 4 is 31.1 Å². The second kappa shape index (κ2) is 12.0. The summed E-state index contributed by atoms with van der Waals surface area (Å²) in [5.41, 5.74) is 0. The minimum atomic E-state index is -6.52. The molecular formula is C28H28F4O6S3. The number of halogens is 4. The van der Waals surface area contributed by atoms with Gasteiger partial charge in [0.1, 0.15) is 0 Å². The summed E-state index contributed by atoms with van der Waals surface area (Å²) in [5, 5.41) is -5.71. The number of hydrogen-bond donors (Lipinski definition) is 0. The summed E-state index contributed by atoms with van der Waals surface area (Å²) in [5.74, 6) is -8.74. The molecule has 3 aromatic carbocycles. The quantitative estimate of drug-likeness (QED) is 0.132. The molecule has 5 rings (SSSR count). The van der Waals surface area contributed by atoms with Crippen LogP contribution in [0.3, 0.4) is 0 Å². The van der Waals surface area contributed by atoms with Gasteiger partial charge >= 0.3 is 11.2 Å². The molecule has 2 aliphatic carbocycles. The van der Waals surface area contributed by atoms with Crippen LogP contribution in [0.5, 0.6) is 0 Å². The molecule has 222 valence electrons. The zero-order valence-electron chi connectivity index (χ0n) is 21.8. The Morgan fingerprint density at radius 3 is 1.44 bits per heavy atom. The number of fused-ring (bicyclic) bond motifs is 2. The Morgan fingerprint density at radius 1 is 0.707 bits per heavy atom. The van der Waals surface area contributed by atoms with Crippen molar-refractivity contribution in [3.63, 3.8) is 0 Å². The van der Waals surface area contributed by atoms with Gasteiger partial charge in [-0.25, -0.2) is 8.42 Å². The molecule has 2 fully saturated rings. The van der Waals surface area contributed by atoms with Gasteiger partial charge in [0.05, 0.1) is 23.3 Å². The monoisotopic (exact) mass is 632 g/mol. The van der Waals surface area contributed by atoms with E-state index in [2.05, 4.69) is 91.0 Å². The van der Waals surface area contributed by atoms with Crippen LogP contribution in [0, 0.1) is 17.8 Å². The van der Waals surface area contributed by atoms with E-state index in [1.165, 1.54) is 14.7 Å². The molecule has 0 heterocycles. The van der Waals surface area contributed by atoms with E-state index in [1.54, 1.807) is 0 Å². The first-order valence-electron chi connectivity index (χ1n) is 12.6. The van der Waals surface area contributed by atoms with Crippen molar-refractivity contribution in [1.82, 2.24) is 0 Å². The summed E-state index contributed by atoms with van der Waals surface area (Å²) in [6.07, 6.45) is -0.807. The summed E-state index contributed by atoms with van der Waals surface area (Å²) < 4.78 is 112. The molecule has 41 heavy (non-hydrogen) atoms. The van der Waals surface area contributed by atoms with Crippen molar-refractivity contribution in [2.75, 3.05) is 6.26 Å². The van der Waals surface area contributed by atoms with E-state index in [1.807, 2.05) is 0 Å². The standard InChI is InChI=1S/C18H15S.C10H14F4O6S2/c1-4-10-16(11-5-1)19(17-12-6-2-7-13-17)18-14-8-3-9-15-18;1-21(15,16)20-8-4-5-2-6(8)3-7(5)9(11,12)10(13,14)22(17,18)19/h1-15H;5-8H,2-4H2,1H3,(H,17,18,19)/q+1;/p-1. The van der Waals surface area contributed by atoms with Gasteiger partial charge in [0, 0.05) is 5.92 Å². The lowest BCUT2D eigenvalue weighted by Gasteiger charge is -2.37. The van der Waals surface area contributed by atoms with Gasteiger partial charge in [-0.15, -0.1) is 0 Å². The fraction of sp³-hybridized carbons (Fsp3) is 0.357. The highest BCUT2D eigenvalue weighted by atomic mass is 32.2. The highest BCUT2D eigenvalue weighted by molar-refractivity contribution is 7.97. The lowest BCUT2D eigenvalue weighted by Crippen LogP contribution is -2.53. The average molecular weight is 633 g/mol. The summed E-state index contributed by atoms with van der Waals surface area (Å²) in [4.78, 5) is 4.08.